The molecule has 0 aliphatic carbocycles. The van der Waals surface area contributed by atoms with Crippen molar-refractivity contribution in [3.05, 3.63) is 63.0 Å². The smallest absolute Gasteiger partial charge is 0.264 e. The molecule has 144 valence electrons. The first kappa shape index (κ1) is 19.4. The fourth-order valence-corrected chi connectivity index (χ4v) is 4.43. The van der Waals surface area contributed by atoms with Crippen molar-refractivity contribution >= 4 is 63.5 Å². The number of carbonyl (C=O) groups excluding carboxylic acids is 1. The molecule has 28 heavy (non-hydrogen) atoms. The summed E-state index contributed by atoms with van der Waals surface area (Å²) >= 11 is 13.5. The first-order valence-electron chi connectivity index (χ1n) is 9.19. The molecule has 0 unspecified atom stereocenters. The maximum absolute atomic E-state index is 12.3. The van der Waals surface area contributed by atoms with Crippen LogP contribution in [0.3, 0.4) is 0 Å². The van der Waals surface area contributed by atoms with Gasteiger partial charge >= 0.3 is 0 Å². The van der Waals surface area contributed by atoms with Gasteiger partial charge in [0, 0.05) is 18.8 Å². The van der Waals surface area contributed by atoms with Gasteiger partial charge in [0.2, 0.25) is 0 Å². The zero-order valence-corrected chi connectivity index (χ0v) is 17.4. The molecule has 0 aromatic heterocycles. The Labute approximate surface area is 178 Å². The Bertz CT molecular complexity index is 951. The van der Waals surface area contributed by atoms with Crippen LogP contribution < -0.4 is 10.2 Å². The quantitative estimate of drug-likeness (QED) is 0.617. The van der Waals surface area contributed by atoms with Crippen molar-refractivity contribution in [2.24, 2.45) is 4.99 Å². The highest BCUT2D eigenvalue weighted by Crippen LogP contribution is 2.34. The van der Waals surface area contributed by atoms with Crippen LogP contribution in [0.4, 0.5) is 11.4 Å². The Balaban J connectivity index is 1.50. The van der Waals surface area contributed by atoms with Crippen molar-refractivity contribution < 1.29 is 4.79 Å². The number of aliphatic imine (C=N–C) groups is 1. The minimum atomic E-state index is -0.165. The van der Waals surface area contributed by atoms with E-state index in [1.165, 1.54) is 36.7 Å². The average molecular weight is 432 g/mol. The van der Waals surface area contributed by atoms with Crippen LogP contribution in [0.1, 0.15) is 24.8 Å². The fourth-order valence-electron chi connectivity index (χ4n) is 3.25. The Morgan fingerprint density at radius 1 is 1.04 bits per heavy atom. The molecule has 2 saturated heterocycles. The van der Waals surface area contributed by atoms with E-state index < -0.39 is 0 Å². The first-order chi connectivity index (χ1) is 13.6. The molecule has 4 rings (SSSR count). The maximum atomic E-state index is 12.3. The molecular weight excluding hydrogens is 413 g/mol. The van der Waals surface area contributed by atoms with Gasteiger partial charge in [-0.1, -0.05) is 41.4 Å². The van der Waals surface area contributed by atoms with Gasteiger partial charge in [-0.05, 0) is 66.9 Å². The van der Waals surface area contributed by atoms with Crippen molar-refractivity contribution in [2.45, 2.75) is 19.3 Å². The van der Waals surface area contributed by atoms with Crippen molar-refractivity contribution in [3.8, 4) is 0 Å². The Morgan fingerprint density at radius 3 is 2.54 bits per heavy atom. The highest BCUT2D eigenvalue weighted by molar-refractivity contribution is 8.18. The molecule has 0 atom stereocenters. The third-order valence-corrected chi connectivity index (χ3v) is 6.43. The monoisotopic (exact) mass is 431 g/mol. The molecule has 7 heteroatoms. The molecule has 0 radical (unpaired) electrons. The van der Waals surface area contributed by atoms with Crippen LogP contribution in [0.15, 0.2) is 52.4 Å². The number of amidine groups is 1. The fraction of sp³-hybridized carbons (Fsp3) is 0.238. The molecule has 0 bridgehead atoms. The number of carbonyl (C=O) groups is 1. The minimum Gasteiger partial charge on any atom is -0.372 e. The van der Waals surface area contributed by atoms with Crippen LogP contribution in [0.5, 0.6) is 0 Å². The summed E-state index contributed by atoms with van der Waals surface area (Å²) in [7, 11) is 0. The summed E-state index contributed by atoms with van der Waals surface area (Å²) < 4.78 is 0. The van der Waals surface area contributed by atoms with E-state index in [-0.39, 0.29) is 5.91 Å². The largest absolute Gasteiger partial charge is 0.372 e. The highest BCUT2D eigenvalue weighted by Gasteiger charge is 2.24. The predicted octanol–water partition coefficient (Wildman–Crippen LogP) is 5.88. The number of thioether (sulfide) groups is 1. The van der Waals surface area contributed by atoms with E-state index in [1.54, 1.807) is 18.2 Å². The van der Waals surface area contributed by atoms with Crippen molar-refractivity contribution in [3.63, 3.8) is 0 Å². The lowest BCUT2D eigenvalue weighted by Crippen LogP contribution is -2.29. The van der Waals surface area contributed by atoms with E-state index in [9.17, 15) is 4.79 Å². The van der Waals surface area contributed by atoms with E-state index in [0.29, 0.717) is 25.8 Å². The van der Waals surface area contributed by atoms with Gasteiger partial charge in [-0.2, -0.15) is 0 Å². The SMILES string of the molecule is O=C1NC(=Nc2cccc(Cl)c2Cl)SC1=Cc1ccc(N2CCCCC2)cc1. The predicted molar refractivity (Wildman–Crippen MR) is 120 cm³/mol. The van der Waals surface area contributed by atoms with Crippen molar-refractivity contribution in [1.29, 1.82) is 0 Å². The number of hydrogen-bond donors (Lipinski definition) is 1. The average Bonchev–Trinajstić information content (AvgIpc) is 3.05. The van der Waals surface area contributed by atoms with Crippen LogP contribution in [-0.4, -0.2) is 24.2 Å². The van der Waals surface area contributed by atoms with Gasteiger partial charge < -0.3 is 10.2 Å². The number of piperidine rings is 1. The first-order valence-corrected chi connectivity index (χ1v) is 10.8. The molecule has 1 amide bonds. The molecule has 2 aliphatic heterocycles. The summed E-state index contributed by atoms with van der Waals surface area (Å²) in [5, 5.41) is 4.07. The zero-order valence-electron chi connectivity index (χ0n) is 15.1. The molecule has 2 aliphatic rings. The molecule has 2 aromatic rings. The summed E-state index contributed by atoms with van der Waals surface area (Å²) in [5.41, 5.74) is 2.76. The number of hydrogen-bond acceptors (Lipinski definition) is 4. The third-order valence-electron chi connectivity index (χ3n) is 4.72. The van der Waals surface area contributed by atoms with E-state index in [1.807, 2.05) is 18.2 Å². The topological polar surface area (TPSA) is 44.7 Å². The van der Waals surface area contributed by atoms with E-state index in [0.717, 1.165) is 18.7 Å². The lowest BCUT2D eigenvalue weighted by atomic mass is 10.1. The zero-order chi connectivity index (χ0) is 19.5. The summed E-state index contributed by atoms with van der Waals surface area (Å²) in [6.07, 6.45) is 5.70. The van der Waals surface area contributed by atoms with E-state index in [4.69, 9.17) is 23.2 Å². The van der Waals surface area contributed by atoms with Gasteiger partial charge in [0.05, 0.1) is 20.6 Å². The van der Waals surface area contributed by atoms with Crippen LogP contribution in [-0.2, 0) is 4.79 Å². The van der Waals surface area contributed by atoms with Gasteiger partial charge in [-0.3, -0.25) is 4.79 Å². The molecular formula is C21H19Cl2N3OS. The van der Waals surface area contributed by atoms with E-state index >= 15 is 0 Å². The normalized spacial score (nSPS) is 20.1. The van der Waals surface area contributed by atoms with Gasteiger partial charge in [0.1, 0.15) is 0 Å². The van der Waals surface area contributed by atoms with Crippen LogP contribution in [0, 0.1) is 0 Å². The second-order valence-electron chi connectivity index (χ2n) is 6.69. The number of nitrogens with one attached hydrogen (secondary N) is 1. The van der Waals surface area contributed by atoms with Gasteiger partial charge in [-0.25, -0.2) is 4.99 Å². The number of anilines is 1. The number of halogens is 2. The van der Waals surface area contributed by atoms with Gasteiger partial charge in [0.15, 0.2) is 5.17 Å². The second-order valence-corrected chi connectivity index (χ2v) is 8.51. The van der Waals surface area contributed by atoms with E-state index in [2.05, 4.69) is 27.3 Å². The Kier molecular flexibility index (Phi) is 5.95. The molecule has 2 heterocycles. The Hall–Kier alpha value is -1.95. The van der Waals surface area contributed by atoms with Gasteiger partial charge in [0.25, 0.3) is 5.91 Å². The van der Waals surface area contributed by atoms with Crippen LogP contribution >= 0.6 is 35.0 Å². The minimum absolute atomic E-state index is 0.165. The summed E-state index contributed by atoms with van der Waals surface area (Å²) in [6.45, 7) is 2.23. The van der Waals surface area contributed by atoms with Crippen molar-refractivity contribution in [2.75, 3.05) is 18.0 Å². The maximum Gasteiger partial charge on any atom is 0.264 e. The summed E-state index contributed by atoms with van der Waals surface area (Å²) in [5.74, 6) is -0.165. The van der Waals surface area contributed by atoms with Crippen molar-refractivity contribution in [1.82, 2.24) is 5.32 Å². The third kappa shape index (κ3) is 4.37. The number of benzene rings is 2. The molecule has 4 nitrogen and oxygen atoms in total. The molecule has 2 aromatic carbocycles. The second kappa shape index (κ2) is 8.60. The van der Waals surface area contributed by atoms with Crippen LogP contribution in [0.25, 0.3) is 6.08 Å². The molecule has 0 saturated carbocycles. The molecule has 2 fully saturated rings. The van der Waals surface area contributed by atoms with Crippen LogP contribution in [0.2, 0.25) is 10.0 Å². The standard InChI is InChI=1S/C21H19Cl2N3OS/c22-16-5-4-6-17(19(16)23)24-21-25-20(27)18(28-21)13-14-7-9-15(10-8-14)26-11-2-1-3-12-26/h4-10,13H,1-3,11-12H2,(H,24,25,27). The number of rotatable bonds is 3. The Morgan fingerprint density at radius 2 is 1.79 bits per heavy atom. The lowest BCUT2D eigenvalue weighted by Gasteiger charge is -2.28. The summed E-state index contributed by atoms with van der Waals surface area (Å²) in [4.78, 5) is 19.7. The highest BCUT2D eigenvalue weighted by atomic mass is 35.5. The molecule has 0 spiro atoms. The van der Waals surface area contributed by atoms with Gasteiger partial charge in [-0.15, -0.1) is 0 Å². The lowest BCUT2D eigenvalue weighted by molar-refractivity contribution is -0.115. The summed E-state index contributed by atoms with van der Waals surface area (Å²) in [6, 6.07) is 13.6. The number of amides is 1. The molecule has 1 N–H and O–H groups in total. The number of nitrogens with zero attached hydrogens (tertiary/aromatic N) is 2.